The fourth-order valence-corrected chi connectivity index (χ4v) is 1.10. The highest BCUT2D eigenvalue weighted by Gasteiger charge is 2.04. The predicted molar refractivity (Wildman–Crippen MR) is 74.8 cm³/mol. The van der Waals surface area contributed by atoms with Gasteiger partial charge in [-0.25, -0.2) is 9.59 Å². The number of carboxylic acids is 2. The zero-order chi connectivity index (χ0) is 16.0. The average molecular weight is 293 g/mol. The van der Waals surface area contributed by atoms with E-state index in [1.165, 1.54) is 12.8 Å². The summed E-state index contributed by atoms with van der Waals surface area (Å²) < 4.78 is 5.34. The maximum absolute atomic E-state index is 9.47. The lowest BCUT2D eigenvalue weighted by molar-refractivity contribution is -0.159. The maximum atomic E-state index is 9.47. The predicted octanol–water partition coefficient (Wildman–Crippen LogP) is 0.708. The van der Waals surface area contributed by atoms with Gasteiger partial charge in [-0.3, -0.25) is 0 Å². The van der Waals surface area contributed by atoms with Gasteiger partial charge in [0.25, 0.3) is 0 Å². The van der Waals surface area contributed by atoms with Crippen molar-refractivity contribution < 1.29 is 29.6 Å². The Kier molecular flexibility index (Phi) is 15.0. The topological polar surface area (TPSA) is 116 Å². The van der Waals surface area contributed by atoms with Crippen LogP contribution in [0.3, 0.4) is 0 Å². The molecule has 1 unspecified atom stereocenters. The lowest BCUT2D eigenvalue weighted by Gasteiger charge is -2.14. The number of hydrogen-bond acceptors (Lipinski definition) is 5. The molecule has 0 aromatic rings. The summed E-state index contributed by atoms with van der Waals surface area (Å²) in [4.78, 5) is 18.2. The quantitative estimate of drug-likeness (QED) is 0.365. The number of aliphatic hydroxyl groups is 1. The molecule has 0 fully saturated rings. The molecule has 20 heavy (non-hydrogen) atoms. The van der Waals surface area contributed by atoms with Gasteiger partial charge in [0.1, 0.15) is 0 Å². The van der Waals surface area contributed by atoms with Crippen molar-refractivity contribution >= 4 is 11.9 Å². The number of aliphatic carboxylic acids is 2. The fourth-order valence-electron chi connectivity index (χ4n) is 1.10. The van der Waals surface area contributed by atoms with E-state index in [1.807, 2.05) is 0 Å². The van der Waals surface area contributed by atoms with E-state index in [1.54, 1.807) is 0 Å². The molecule has 0 aromatic carbocycles. The zero-order valence-electron chi connectivity index (χ0n) is 12.5. The molecule has 4 N–H and O–H groups in total. The summed E-state index contributed by atoms with van der Waals surface area (Å²) >= 11 is 0. The van der Waals surface area contributed by atoms with Gasteiger partial charge >= 0.3 is 11.9 Å². The molecule has 0 saturated carbocycles. The van der Waals surface area contributed by atoms with Crippen molar-refractivity contribution in [2.45, 2.75) is 52.2 Å². The first-order chi connectivity index (χ1) is 9.31. The second-order valence-electron chi connectivity index (χ2n) is 4.61. The fraction of sp³-hybridized carbons (Fsp3) is 0.846. The van der Waals surface area contributed by atoms with Crippen LogP contribution in [-0.4, -0.2) is 59.2 Å². The Morgan fingerprint density at radius 2 is 1.70 bits per heavy atom. The molecule has 120 valence electrons. The van der Waals surface area contributed by atoms with Crippen molar-refractivity contribution in [3.8, 4) is 0 Å². The third kappa shape index (κ3) is 19.2. The zero-order valence-corrected chi connectivity index (χ0v) is 12.5. The number of aliphatic hydroxyl groups excluding tert-OH is 1. The molecule has 0 rings (SSSR count). The minimum absolute atomic E-state index is 0.376. The van der Waals surface area contributed by atoms with Crippen LogP contribution in [0.4, 0.5) is 0 Å². The van der Waals surface area contributed by atoms with Crippen LogP contribution in [0.1, 0.15) is 40.0 Å². The Hall–Kier alpha value is -1.18. The van der Waals surface area contributed by atoms with Crippen LogP contribution >= 0.6 is 0 Å². The summed E-state index contributed by atoms with van der Waals surface area (Å²) in [6.07, 6.45) is 3.14. The Morgan fingerprint density at radius 1 is 1.15 bits per heavy atom. The van der Waals surface area contributed by atoms with Gasteiger partial charge in [0, 0.05) is 19.2 Å². The summed E-state index contributed by atoms with van der Waals surface area (Å²) in [5.74, 6) is -3.65. The van der Waals surface area contributed by atoms with Crippen molar-refractivity contribution in [3.05, 3.63) is 0 Å². The number of nitrogens with one attached hydrogen (secondary N) is 1. The number of unbranched alkanes of at least 4 members (excludes halogenated alkanes) is 2. The van der Waals surface area contributed by atoms with Gasteiger partial charge in [-0.1, -0.05) is 33.6 Å². The van der Waals surface area contributed by atoms with E-state index in [0.717, 1.165) is 13.0 Å². The van der Waals surface area contributed by atoms with Gasteiger partial charge in [0.2, 0.25) is 0 Å². The molecule has 0 heterocycles. The van der Waals surface area contributed by atoms with E-state index < -0.39 is 11.9 Å². The third-order valence-corrected chi connectivity index (χ3v) is 2.15. The van der Waals surface area contributed by atoms with Crippen molar-refractivity contribution in [2.75, 3.05) is 19.8 Å². The summed E-state index contributed by atoms with van der Waals surface area (Å²) in [7, 11) is 0. The van der Waals surface area contributed by atoms with E-state index >= 15 is 0 Å². The monoisotopic (exact) mass is 293 g/mol. The maximum Gasteiger partial charge on any atom is 0.414 e. The molecule has 7 heteroatoms. The number of carboxylic acid groups (broad SMARTS) is 2. The number of rotatable bonds is 9. The molecular formula is C13H27NO6. The summed E-state index contributed by atoms with van der Waals surface area (Å²) in [6.45, 7) is 8.13. The van der Waals surface area contributed by atoms with Crippen molar-refractivity contribution in [2.24, 2.45) is 0 Å². The van der Waals surface area contributed by atoms with Gasteiger partial charge in [-0.15, -0.1) is 0 Å². The van der Waals surface area contributed by atoms with Crippen LogP contribution in [-0.2, 0) is 14.3 Å². The largest absolute Gasteiger partial charge is 0.473 e. The Bertz CT molecular complexity index is 245. The summed E-state index contributed by atoms with van der Waals surface area (Å²) in [6, 6.07) is 0.421. The van der Waals surface area contributed by atoms with Crippen LogP contribution in [0, 0.1) is 0 Å². The molecule has 0 saturated heterocycles. The minimum Gasteiger partial charge on any atom is -0.473 e. The lowest BCUT2D eigenvalue weighted by Crippen LogP contribution is -2.34. The molecule has 0 aliphatic carbocycles. The van der Waals surface area contributed by atoms with Gasteiger partial charge in [-0.2, -0.15) is 0 Å². The van der Waals surface area contributed by atoms with Crippen LogP contribution in [0.5, 0.6) is 0 Å². The average Bonchev–Trinajstić information content (AvgIpc) is 2.36. The molecule has 0 aromatic heterocycles. The van der Waals surface area contributed by atoms with E-state index in [-0.39, 0.29) is 6.10 Å². The Balaban J connectivity index is 0. The normalized spacial score (nSPS) is 11.7. The first kappa shape index (κ1) is 21.1. The third-order valence-electron chi connectivity index (χ3n) is 2.15. The molecule has 1 atom stereocenters. The smallest absolute Gasteiger partial charge is 0.414 e. The van der Waals surface area contributed by atoms with Crippen molar-refractivity contribution in [1.82, 2.24) is 5.32 Å². The Morgan fingerprint density at radius 3 is 2.10 bits per heavy atom. The number of ether oxygens (including phenoxy) is 1. The molecule has 7 nitrogen and oxygen atoms in total. The number of carbonyl (C=O) groups is 2. The molecule has 0 aliphatic rings. The van der Waals surface area contributed by atoms with Crippen LogP contribution in [0.2, 0.25) is 0 Å². The first-order valence-corrected chi connectivity index (χ1v) is 6.76. The molecule has 0 spiro atoms. The van der Waals surface area contributed by atoms with Crippen LogP contribution in [0.15, 0.2) is 0 Å². The van der Waals surface area contributed by atoms with Gasteiger partial charge in [-0.05, 0) is 6.42 Å². The van der Waals surface area contributed by atoms with Crippen LogP contribution in [0.25, 0.3) is 0 Å². The first-order valence-electron chi connectivity index (χ1n) is 6.76. The summed E-state index contributed by atoms with van der Waals surface area (Å²) in [5, 5.41) is 27.4. The van der Waals surface area contributed by atoms with Gasteiger partial charge in [0.15, 0.2) is 0 Å². The SMILES string of the molecule is CCCCCOCC(O)CNC(C)C.O=C(O)C(=O)O. The highest BCUT2D eigenvalue weighted by molar-refractivity contribution is 6.27. The minimum atomic E-state index is -1.82. The van der Waals surface area contributed by atoms with E-state index in [9.17, 15) is 5.11 Å². The highest BCUT2D eigenvalue weighted by Crippen LogP contribution is 1.95. The molecule has 0 bridgehead atoms. The van der Waals surface area contributed by atoms with Gasteiger partial charge in [0.05, 0.1) is 12.7 Å². The van der Waals surface area contributed by atoms with E-state index in [2.05, 4.69) is 26.1 Å². The second-order valence-corrected chi connectivity index (χ2v) is 4.61. The highest BCUT2D eigenvalue weighted by atomic mass is 16.5. The van der Waals surface area contributed by atoms with Gasteiger partial charge < -0.3 is 25.4 Å². The van der Waals surface area contributed by atoms with E-state index in [4.69, 9.17) is 24.5 Å². The van der Waals surface area contributed by atoms with Crippen LogP contribution < -0.4 is 5.32 Å². The molecular weight excluding hydrogens is 266 g/mol. The molecule has 0 amide bonds. The summed E-state index contributed by atoms with van der Waals surface area (Å²) in [5.41, 5.74) is 0. The van der Waals surface area contributed by atoms with E-state index in [0.29, 0.717) is 19.2 Å². The van der Waals surface area contributed by atoms with Crippen molar-refractivity contribution in [3.63, 3.8) is 0 Å². The lowest BCUT2D eigenvalue weighted by atomic mass is 10.3. The Labute approximate surface area is 119 Å². The molecule has 0 aliphatic heterocycles. The second kappa shape index (κ2) is 14.2. The number of hydrogen-bond donors (Lipinski definition) is 4. The van der Waals surface area contributed by atoms with Crippen molar-refractivity contribution in [1.29, 1.82) is 0 Å². The molecule has 0 radical (unpaired) electrons. The standard InChI is InChI=1S/C11H25NO2.C2H2O4/c1-4-5-6-7-14-9-11(13)8-12-10(2)3;3-1(4)2(5)6/h10-13H,4-9H2,1-3H3;(H,3,4)(H,5,6).